The van der Waals surface area contributed by atoms with Crippen molar-refractivity contribution in [1.29, 1.82) is 0 Å². The van der Waals surface area contributed by atoms with Crippen LogP contribution in [0.15, 0.2) is 36.7 Å². The Morgan fingerprint density at radius 3 is 2.78 bits per heavy atom. The van der Waals surface area contributed by atoms with Crippen LogP contribution < -0.4 is 10.6 Å². The monoisotopic (exact) mass is 242 g/mol. The predicted molar refractivity (Wildman–Crippen MR) is 70.4 cm³/mol. The number of anilines is 2. The number of nitrogen functional groups attached to an aromatic ring is 1. The standard InChI is InChI=1S/C13H14N4O/c1-9-4-3-5-10(6-9)17(2)13(18)11-7-15-8-12(14)16-11/h3-8H,1-2H3,(H2,14,16). The Hall–Kier alpha value is -2.43. The summed E-state index contributed by atoms with van der Waals surface area (Å²) < 4.78 is 0. The molecule has 0 aliphatic rings. The molecule has 0 bridgehead atoms. The summed E-state index contributed by atoms with van der Waals surface area (Å²) in [4.78, 5) is 21.5. The topological polar surface area (TPSA) is 72.1 Å². The minimum Gasteiger partial charge on any atom is -0.382 e. The molecule has 0 fully saturated rings. The molecule has 92 valence electrons. The summed E-state index contributed by atoms with van der Waals surface area (Å²) in [7, 11) is 1.70. The van der Waals surface area contributed by atoms with Crippen LogP contribution in [0.5, 0.6) is 0 Å². The summed E-state index contributed by atoms with van der Waals surface area (Å²) >= 11 is 0. The van der Waals surface area contributed by atoms with E-state index < -0.39 is 0 Å². The molecule has 0 aliphatic heterocycles. The third-order valence-corrected chi connectivity index (χ3v) is 2.57. The minimum absolute atomic E-state index is 0.235. The third-order valence-electron chi connectivity index (χ3n) is 2.57. The number of amides is 1. The molecule has 18 heavy (non-hydrogen) atoms. The lowest BCUT2D eigenvalue weighted by atomic mass is 10.2. The maximum absolute atomic E-state index is 12.2. The first-order valence-electron chi connectivity index (χ1n) is 5.50. The maximum atomic E-state index is 12.2. The van der Waals surface area contributed by atoms with Gasteiger partial charge in [-0.25, -0.2) is 4.98 Å². The van der Waals surface area contributed by atoms with Crippen LogP contribution in [0.25, 0.3) is 0 Å². The highest BCUT2D eigenvalue weighted by Crippen LogP contribution is 2.16. The van der Waals surface area contributed by atoms with Crippen LogP contribution in [-0.2, 0) is 0 Å². The summed E-state index contributed by atoms with van der Waals surface area (Å²) in [5.41, 5.74) is 7.65. The van der Waals surface area contributed by atoms with E-state index in [1.807, 2.05) is 31.2 Å². The van der Waals surface area contributed by atoms with Crippen LogP contribution in [0.1, 0.15) is 16.1 Å². The first-order valence-corrected chi connectivity index (χ1v) is 5.50. The fourth-order valence-electron chi connectivity index (χ4n) is 1.61. The molecule has 2 aromatic rings. The minimum atomic E-state index is -0.236. The highest BCUT2D eigenvalue weighted by atomic mass is 16.2. The van der Waals surface area contributed by atoms with Gasteiger partial charge in [0.1, 0.15) is 11.5 Å². The van der Waals surface area contributed by atoms with E-state index in [2.05, 4.69) is 9.97 Å². The number of hydrogen-bond donors (Lipinski definition) is 1. The van der Waals surface area contributed by atoms with Crippen LogP contribution in [0.4, 0.5) is 11.5 Å². The molecule has 0 spiro atoms. The molecule has 1 heterocycles. The van der Waals surface area contributed by atoms with Gasteiger partial charge in [0.2, 0.25) is 0 Å². The summed E-state index contributed by atoms with van der Waals surface area (Å²) in [6.07, 6.45) is 2.81. The van der Waals surface area contributed by atoms with Crippen LogP contribution in [0.2, 0.25) is 0 Å². The molecule has 0 radical (unpaired) electrons. The Bertz CT molecular complexity index is 583. The molecule has 0 saturated carbocycles. The van der Waals surface area contributed by atoms with Gasteiger partial charge < -0.3 is 10.6 Å². The molecule has 0 atom stereocenters. The van der Waals surface area contributed by atoms with Crippen molar-refractivity contribution in [3.63, 3.8) is 0 Å². The number of aryl methyl sites for hydroxylation is 1. The van der Waals surface area contributed by atoms with E-state index in [0.717, 1.165) is 11.3 Å². The van der Waals surface area contributed by atoms with Gasteiger partial charge in [0.25, 0.3) is 5.91 Å². The van der Waals surface area contributed by atoms with E-state index in [1.165, 1.54) is 17.3 Å². The zero-order valence-corrected chi connectivity index (χ0v) is 10.3. The number of hydrogen-bond acceptors (Lipinski definition) is 4. The van der Waals surface area contributed by atoms with Crippen molar-refractivity contribution in [1.82, 2.24) is 9.97 Å². The molecule has 0 saturated heterocycles. The Labute approximate surface area is 105 Å². The Balaban J connectivity index is 2.29. The fraction of sp³-hybridized carbons (Fsp3) is 0.154. The molecule has 2 N–H and O–H groups in total. The van der Waals surface area contributed by atoms with Crippen LogP contribution in [0, 0.1) is 6.92 Å². The second-order valence-electron chi connectivity index (χ2n) is 4.03. The molecule has 1 amide bonds. The van der Waals surface area contributed by atoms with Gasteiger partial charge in [0.15, 0.2) is 0 Å². The van der Waals surface area contributed by atoms with Crippen molar-refractivity contribution < 1.29 is 4.79 Å². The first kappa shape index (κ1) is 12.0. The molecule has 0 aliphatic carbocycles. The van der Waals surface area contributed by atoms with Gasteiger partial charge in [-0.3, -0.25) is 9.78 Å². The quantitative estimate of drug-likeness (QED) is 0.869. The third kappa shape index (κ3) is 2.45. The normalized spacial score (nSPS) is 10.1. The van der Waals surface area contributed by atoms with Gasteiger partial charge in [-0.1, -0.05) is 12.1 Å². The fourth-order valence-corrected chi connectivity index (χ4v) is 1.61. The van der Waals surface area contributed by atoms with Gasteiger partial charge in [-0.2, -0.15) is 0 Å². The lowest BCUT2D eigenvalue weighted by molar-refractivity contribution is 0.0988. The molecule has 5 nitrogen and oxygen atoms in total. The average molecular weight is 242 g/mol. The van der Waals surface area contributed by atoms with E-state index in [4.69, 9.17) is 5.73 Å². The van der Waals surface area contributed by atoms with E-state index in [0.29, 0.717) is 0 Å². The van der Waals surface area contributed by atoms with Crippen LogP contribution in [0.3, 0.4) is 0 Å². The van der Waals surface area contributed by atoms with Crippen molar-refractivity contribution in [2.45, 2.75) is 6.92 Å². The number of benzene rings is 1. The van der Waals surface area contributed by atoms with E-state index in [1.54, 1.807) is 7.05 Å². The summed E-state index contributed by atoms with van der Waals surface area (Å²) in [5.74, 6) is -0.00103. The molecular weight excluding hydrogens is 228 g/mol. The zero-order chi connectivity index (χ0) is 13.1. The smallest absolute Gasteiger partial charge is 0.278 e. The van der Waals surface area contributed by atoms with Gasteiger partial charge >= 0.3 is 0 Å². The Morgan fingerprint density at radius 2 is 2.11 bits per heavy atom. The Kier molecular flexibility index (Phi) is 3.23. The zero-order valence-electron chi connectivity index (χ0n) is 10.3. The number of carbonyl (C=O) groups is 1. The molecule has 2 rings (SSSR count). The lowest BCUT2D eigenvalue weighted by Gasteiger charge is -2.17. The lowest BCUT2D eigenvalue weighted by Crippen LogP contribution is -2.27. The second-order valence-corrected chi connectivity index (χ2v) is 4.03. The van der Waals surface area contributed by atoms with Gasteiger partial charge in [-0.15, -0.1) is 0 Å². The highest BCUT2D eigenvalue weighted by molar-refractivity contribution is 6.04. The van der Waals surface area contributed by atoms with E-state index >= 15 is 0 Å². The van der Waals surface area contributed by atoms with Gasteiger partial charge in [0, 0.05) is 12.7 Å². The molecule has 0 unspecified atom stereocenters. The van der Waals surface area contributed by atoms with E-state index in [-0.39, 0.29) is 17.4 Å². The molecular formula is C13H14N4O. The summed E-state index contributed by atoms with van der Waals surface area (Å²) in [5, 5.41) is 0. The highest BCUT2D eigenvalue weighted by Gasteiger charge is 2.15. The van der Waals surface area contributed by atoms with Gasteiger partial charge in [0.05, 0.1) is 12.4 Å². The molecule has 5 heteroatoms. The van der Waals surface area contributed by atoms with Crippen molar-refractivity contribution in [3.05, 3.63) is 47.9 Å². The van der Waals surface area contributed by atoms with Crippen molar-refractivity contribution in [2.24, 2.45) is 0 Å². The molecule has 1 aromatic heterocycles. The second kappa shape index (κ2) is 4.83. The average Bonchev–Trinajstić information content (AvgIpc) is 2.37. The largest absolute Gasteiger partial charge is 0.382 e. The van der Waals surface area contributed by atoms with Gasteiger partial charge in [-0.05, 0) is 24.6 Å². The number of nitrogens with two attached hydrogens (primary N) is 1. The number of aromatic nitrogens is 2. The number of rotatable bonds is 2. The SMILES string of the molecule is Cc1cccc(N(C)C(=O)c2cncc(N)n2)c1. The first-order chi connectivity index (χ1) is 8.58. The van der Waals surface area contributed by atoms with Crippen molar-refractivity contribution >= 4 is 17.4 Å². The maximum Gasteiger partial charge on any atom is 0.278 e. The molecule has 1 aromatic carbocycles. The Morgan fingerprint density at radius 1 is 1.33 bits per heavy atom. The summed E-state index contributed by atoms with van der Waals surface area (Å²) in [6.45, 7) is 1.97. The number of nitrogens with zero attached hydrogens (tertiary/aromatic N) is 3. The van der Waals surface area contributed by atoms with Crippen LogP contribution >= 0.6 is 0 Å². The van der Waals surface area contributed by atoms with E-state index in [9.17, 15) is 4.79 Å². The van der Waals surface area contributed by atoms with Crippen LogP contribution in [-0.4, -0.2) is 22.9 Å². The predicted octanol–water partition coefficient (Wildman–Crippen LogP) is 1.64. The number of carbonyl (C=O) groups excluding carboxylic acids is 1. The summed E-state index contributed by atoms with van der Waals surface area (Å²) in [6, 6.07) is 7.67. The van der Waals surface area contributed by atoms with Crippen molar-refractivity contribution in [2.75, 3.05) is 17.7 Å². The van der Waals surface area contributed by atoms with Crippen molar-refractivity contribution in [3.8, 4) is 0 Å².